The summed E-state index contributed by atoms with van der Waals surface area (Å²) in [4.78, 5) is 16.2. The minimum Gasteiger partial charge on any atom is -0.480 e. The van der Waals surface area contributed by atoms with E-state index >= 15 is 0 Å². The summed E-state index contributed by atoms with van der Waals surface area (Å²) >= 11 is 0. The summed E-state index contributed by atoms with van der Waals surface area (Å²) in [5.41, 5.74) is -0.960. The van der Waals surface area contributed by atoms with Gasteiger partial charge in [0.05, 0.1) is 0 Å². The van der Waals surface area contributed by atoms with Crippen LogP contribution in [0.5, 0.6) is 0 Å². The molecule has 2 aromatic heterocycles. The fourth-order valence-corrected chi connectivity index (χ4v) is 1.67. The van der Waals surface area contributed by atoms with Crippen molar-refractivity contribution < 1.29 is 23.1 Å². The molecule has 9 heteroatoms. The highest BCUT2D eigenvalue weighted by Crippen LogP contribution is 2.30. The second kappa shape index (κ2) is 4.66. The van der Waals surface area contributed by atoms with E-state index < -0.39 is 23.9 Å². The molecule has 2 aromatic rings. The Kier molecular flexibility index (Phi) is 3.28. The Balaban J connectivity index is 2.55. The van der Waals surface area contributed by atoms with Crippen LogP contribution in [0.1, 0.15) is 12.6 Å². The minimum atomic E-state index is -4.57. The van der Waals surface area contributed by atoms with Gasteiger partial charge in [0.15, 0.2) is 11.5 Å². The first kappa shape index (κ1) is 14.1. The number of anilines is 1. The summed E-state index contributed by atoms with van der Waals surface area (Å²) in [5.74, 6) is -0.989. The van der Waals surface area contributed by atoms with E-state index in [4.69, 9.17) is 5.11 Å². The van der Waals surface area contributed by atoms with Gasteiger partial charge in [-0.15, -0.1) is 0 Å². The van der Waals surface area contributed by atoms with Crippen molar-refractivity contribution >= 4 is 17.3 Å². The van der Waals surface area contributed by atoms with Gasteiger partial charge >= 0.3 is 12.1 Å². The second-order valence-electron chi connectivity index (χ2n) is 4.23. The predicted molar refractivity (Wildman–Crippen MR) is 63.5 cm³/mol. The molecule has 0 aliphatic rings. The van der Waals surface area contributed by atoms with Crippen LogP contribution in [-0.2, 0) is 11.0 Å². The fourth-order valence-electron chi connectivity index (χ4n) is 1.67. The van der Waals surface area contributed by atoms with Crippen LogP contribution in [0.2, 0.25) is 0 Å². The van der Waals surface area contributed by atoms with E-state index in [1.54, 1.807) is 0 Å². The number of fused-ring (bicyclic) bond motifs is 1. The molecular weight excluding hydrogens is 277 g/mol. The summed E-state index contributed by atoms with van der Waals surface area (Å²) in [6.07, 6.45) is -2.03. The molecule has 0 spiro atoms. The lowest BCUT2D eigenvalue weighted by Crippen LogP contribution is -2.36. The van der Waals surface area contributed by atoms with E-state index in [9.17, 15) is 18.0 Å². The summed E-state index contributed by atoms with van der Waals surface area (Å²) in [7, 11) is 1.45. The number of aliphatic carboxylic acids is 1. The van der Waals surface area contributed by atoms with Gasteiger partial charge in [0.1, 0.15) is 11.6 Å². The molecule has 0 fully saturated rings. The molecule has 0 aromatic carbocycles. The van der Waals surface area contributed by atoms with Gasteiger partial charge in [-0.25, -0.2) is 14.3 Å². The van der Waals surface area contributed by atoms with Crippen LogP contribution in [-0.4, -0.2) is 38.8 Å². The van der Waals surface area contributed by atoms with Crippen molar-refractivity contribution in [2.45, 2.75) is 19.1 Å². The Labute approximate surface area is 111 Å². The molecule has 0 aliphatic carbocycles. The summed E-state index contributed by atoms with van der Waals surface area (Å²) in [6.45, 7) is 1.41. The number of carboxylic acids is 1. The largest absolute Gasteiger partial charge is 0.480 e. The molecule has 0 radical (unpaired) electrons. The molecule has 2 rings (SSSR count). The van der Waals surface area contributed by atoms with Crippen LogP contribution < -0.4 is 4.90 Å². The van der Waals surface area contributed by atoms with Crippen molar-refractivity contribution in [1.82, 2.24) is 14.6 Å². The van der Waals surface area contributed by atoms with E-state index in [0.29, 0.717) is 0 Å². The molecule has 108 valence electrons. The number of hydrogen-bond donors (Lipinski definition) is 1. The van der Waals surface area contributed by atoms with E-state index in [1.807, 2.05) is 0 Å². The van der Waals surface area contributed by atoms with Gasteiger partial charge < -0.3 is 10.0 Å². The van der Waals surface area contributed by atoms with E-state index in [1.165, 1.54) is 31.3 Å². The third-order valence-corrected chi connectivity index (χ3v) is 2.93. The normalized spacial score (nSPS) is 13.4. The SMILES string of the molecule is CC(C(=O)O)N(C)c1nccn2nc(C(F)(F)F)cc12. The van der Waals surface area contributed by atoms with Gasteiger partial charge in [0.2, 0.25) is 0 Å². The summed E-state index contributed by atoms with van der Waals surface area (Å²) < 4.78 is 38.9. The highest BCUT2D eigenvalue weighted by molar-refractivity contribution is 5.80. The molecular formula is C11H11F3N4O2. The van der Waals surface area contributed by atoms with Gasteiger partial charge in [-0.1, -0.05) is 0 Å². The number of likely N-dealkylation sites (N-methyl/N-ethyl adjacent to an activating group) is 1. The van der Waals surface area contributed by atoms with E-state index in [-0.39, 0.29) is 11.3 Å². The van der Waals surface area contributed by atoms with Crippen molar-refractivity contribution in [1.29, 1.82) is 0 Å². The number of rotatable bonds is 3. The molecule has 20 heavy (non-hydrogen) atoms. The smallest absolute Gasteiger partial charge is 0.435 e. The zero-order chi connectivity index (χ0) is 15.1. The van der Waals surface area contributed by atoms with Gasteiger partial charge in [0, 0.05) is 25.5 Å². The van der Waals surface area contributed by atoms with Crippen LogP contribution >= 0.6 is 0 Å². The number of hydrogen-bond acceptors (Lipinski definition) is 4. The van der Waals surface area contributed by atoms with Crippen molar-refractivity contribution in [3.8, 4) is 0 Å². The van der Waals surface area contributed by atoms with Crippen LogP contribution in [0.3, 0.4) is 0 Å². The highest BCUT2D eigenvalue weighted by Gasteiger charge is 2.35. The Morgan fingerprint density at radius 1 is 1.50 bits per heavy atom. The Bertz CT molecular complexity index is 653. The quantitative estimate of drug-likeness (QED) is 0.930. The average Bonchev–Trinajstić information content (AvgIpc) is 2.80. The molecule has 6 nitrogen and oxygen atoms in total. The Morgan fingerprint density at radius 2 is 2.15 bits per heavy atom. The first-order valence-corrected chi connectivity index (χ1v) is 5.59. The number of nitrogens with zero attached hydrogens (tertiary/aromatic N) is 4. The first-order chi connectivity index (χ1) is 9.21. The minimum absolute atomic E-state index is 0.0930. The van der Waals surface area contributed by atoms with Crippen molar-refractivity contribution in [2.75, 3.05) is 11.9 Å². The van der Waals surface area contributed by atoms with E-state index in [2.05, 4.69) is 10.1 Å². The zero-order valence-electron chi connectivity index (χ0n) is 10.6. The van der Waals surface area contributed by atoms with Crippen molar-refractivity contribution in [3.63, 3.8) is 0 Å². The Morgan fingerprint density at radius 3 is 2.70 bits per heavy atom. The standard InChI is InChI=1S/C11H11F3N4O2/c1-6(10(19)20)17(2)9-7-5-8(11(12,13)14)16-18(7)4-3-15-9/h3-6H,1-2H3,(H,19,20). The van der Waals surface area contributed by atoms with Gasteiger partial charge in [-0.2, -0.15) is 18.3 Å². The second-order valence-corrected chi connectivity index (χ2v) is 4.23. The maximum absolute atomic E-state index is 12.6. The van der Waals surface area contributed by atoms with Gasteiger partial charge in [-0.05, 0) is 6.92 Å². The van der Waals surface area contributed by atoms with Crippen LogP contribution in [0, 0.1) is 0 Å². The van der Waals surface area contributed by atoms with Gasteiger partial charge in [-0.3, -0.25) is 0 Å². The first-order valence-electron chi connectivity index (χ1n) is 5.59. The number of aromatic nitrogens is 3. The van der Waals surface area contributed by atoms with Crippen LogP contribution in [0.4, 0.5) is 19.0 Å². The molecule has 1 unspecified atom stereocenters. The molecule has 2 heterocycles. The molecule has 0 amide bonds. The molecule has 0 saturated heterocycles. The lowest BCUT2D eigenvalue weighted by Gasteiger charge is -2.22. The van der Waals surface area contributed by atoms with E-state index in [0.717, 1.165) is 10.6 Å². The van der Waals surface area contributed by atoms with Crippen LogP contribution in [0.25, 0.3) is 5.52 Å². The Hall–Kier alpha value is -2.32. The summed E-state index contributed by atoms with van der Waals surface area (Å²) in [5, 5.41) is 12.4. The number of alkyl halides is 3. The molecule has 0 bridgehead atoms. The number of halogens is 3. The molecule has 0 aliphatic heterocycles. The lowest BCUT2D eigenvalue weighted by molar-refractivity contribution is -0.141. The monoisotopic (exact) mass is 288 g/mol. The zero-order valence-corrected chi connectivity index (χ0v) is 10.6. The van der Waals surface area contributed by atoms with Crippen molar-refractivity contribution in [3.05, 3.63) is 24.2 Å². The lowest BCUT2D eigenvalue weighted by atomic mass is 10.3. The molecule has 1 N–H and O–H groups in total. The average molecular weight is 288 g/mol. The maximum atomic E-state index is 12.6. The van der Waals surface area contributed by atoms with Crippen molar-refractivity contribution in [2.24, 2.45) is 0 Å². The van der Waals surface area contributed by atoms with Crippen LogP contribution in [0.15, 0.2) is 18.5 Å². The van der Waals surface area contributed by atoms with Gasteiger partial charge in [0.25, 0.3) is 0 Å². The number of carboxylic acid groups (broad SMARTS) is 1. The third-order valence-electron chi connectivity index (χ3n) is 2.93. The molecule has 1 atom stereocenters. The predicted octanol–water partition coefficient (Wildman–Crippen LogP) is 1.66. The highest BCUT2D eigenvalue weighted by atomic mass is 19.4. The topological polar surface area (TPSA) is 70.7 Å². The summed E-state index contributed by atoms with van der Waals surface area (Å²) in [6, 6.07) is -0.0918. The fraction of sp³-hybridized carbons (Fsp3) is 0.364. The third kappa shape index (κ3) is 2.38. The number of carbonyl (C=O) groups is 1. The molecule has 0 saturated carbocycles. The maximum Gasteiger partial charge on any atom is 0.435 e.